The number of hydrogen-bond acceptors (Lipinski definition) is 5. The highest BCUT2D eigenvalue weighted by Gasteiger charge is 2.11. The molecule has 0 radical (unpaired) electrons. The summed E-state index contributed by atoms with van der Waals surface area (Å²) in [7, 11) is 1.54. The van der Waals surface area contributed by atoms with Gasteiger partial charge in [0.1, 0.15) is 23.9 Å². The lowest BCUT2D eigenvalue weighted by molar-refractivity contribution is -0.123. The van der Waals surface area contributed by atoms with E-state index in [1.54, 1.807) is 24.3 Å². The Morgan fingerprint density at radius 3 is 2.26 bits per heavy atom. The third-order valence-corrected chi connectivity index (χ3v) is 3.55. The van der Waals surface area contributed by atoms with E-state index in [-0.39, 0.29) is 18.4 Å². The summed E-state index contributed by atoms with van der Waals surface area (Å²) in [5.41, 5.74) is 0.381. The summed E-state index contributed by atoms with van der Waals surface area (Å²) in [6.07, 6.45) is 0. The Kier molecular flexibility index (Phi) is 7.96. The Labute approximate surface area is 158 Å². The van der Waals surface area contributed by atoms with Crippen LogP contribution in [0.5, 0.6) is 17.2 Å². The monoisotopic (exact) mass is 372 g/mol. The molecular formula is C20H24N2O5. The van der Waals surface area contributed by atoms with Gasteiger partial charge in [0.2, 0.25) is 0 Å². The molecule has 0 heterocycles. The summed E-state index contributed by atoms with van der Waals surface area (Å²) in [6.45, 7) is 3.02. The van der Waals surface area contributed by atoms with Crippen LogP contribution in [-0.4, -0.2) is 45.2 Å². The van der Waals surface area contributed by atoms with Gasteiger partial charge in [-0.05, 0) is 43.3 Å². The van der Waals surface area contributed by atoms with E-state index >= 15 is 0 Å². The molecule has 0 saturated carbocycles. The lowest BCUT2D eigenvalue weighted by Crippen LogP contribution is -2.32. The third kappa shape index (κ3) is 6.54. The average molecular weight is 372 g/mol. The van der Waals surface area contributed by atoms with E-state index in [4.69, 9.17) is 14.2 Å². The SMILES string of the molecule is CCOc1ccc(OCCNC(=O)COc2ccccc2C(=O)NC)cc1. The fourth-order valence-corrected chi connectivity index (χ4v) is 2.27. The highest BCUT2D eigenvalue weighted by Crippen LogP contribution is 2.18. The molecule has 0 atom stereocenters. The lowest BCUT2D eigenvalue weighted by atomic mass is 10.2. The van der Waals surface area contributed by atoms with E-state index in [0.717, 1.165) is 5.75 Å². The van der Waals surface area contributed by atoms with Gasteiger partial charge in [-0.25, -0.2) is 0 Å². The summed E-state index contributed by atoms with van der Waals surface area (Å²) in [5, 5.41) is 5.24. The van der Waals surface area contributed by atoms with E-state index < -0.39 is 0 Å². The largest absolute Gasteiger partial charge is 0.494 e. The van der Waals surface area contributed by atoms with Gasteiger partial charge in [-0.15, -0.1) is 0 Å². The van der Waals surface area contributed by atoms with Crippen molar-refractivity contribution in [3.05, 3.63) is 54.1 Å². The van der Waals surface area contributed by atoms with Crippen LogP contribution >= 0.6 is 0 Å². The standard InChI is InChI=1S/C20H24N2O5/c1-3-25-15-8-10-16(11-9-15)26-13-12-22-19(23)14-27-18-7-5-4-6-17(18)20(24)21-2/h4-11H,3,12-14H2,1-2H3,(H,21,24)(H,22,23). The van der Waals surface area contributed by atoms with Crippen molar-refractivity contribution >= 4 is 11.8 Å². The summed E-state index contributed by atoms with van der Waals surface area (Å²) in [4.78, 5) is 23.7. The van der Waals surface area contributed by atoms with E-state index in [1.807, 2.05) is 31.2 Å². The van der Waals surface area contributed by atoms with Gasteiger partial charge in [0.15, 0.2) is 6.61 Å². The normalized spacial score (nSPS) is 10.0. The van der Waals surface area contributed by atoms with Gasteiger partial charge >= 0.3 is 0 Å². The van der Waals surface area contributed by atoms with Crippen LogP contribution in [0.4, 0.5) is 0 Å². The molecule has 0 aliphatic carbocycles. The second-order valence-corrected chi connectivity index (χ2v) is 5.47. The third-order valence-electron chi connectivity index (χ3n) is 3.55. The van der Waals surface area contributed by atoms with Gasteiger partial charge in [0, 0.05) is 7.05 Å². The lowest BCUT2D eigenvalue weighted by Gasteiger charge is -2.11. The molecule has 0 aliphatic heterocycles. The zero-order valence-corrected chi connectivity index (χ0v) is 15.5. The second kappa shape index (κ2) is 10.7. The average Bonchev–Trinajstić information content (AvgIpc) is 2.70. The summed E-state index contributed by atoms with van der Waals surface area (Å²) >= 11 is 0. The van der Waals surface area contributed by atoms with Crippen LogP contribution in [0.15, 0.2) is 48.5 Å². The number of carbonyl (C=O) groups is 2. The van der Waals surface area contributed by atoms with Crippen LogP contribution in [0, 0.1) is 0 Å². The van der Waals surface area contributed by atoms with Crippen molar-refractivity contribution in [1.82, 2.24) is 10.6 Å². The number of nitrogens with one attached hydrogen (secondary N) is 2. The van der Waals surface area contributed by atoms with Crippen LogP contribution in [0.1, 0.15) is 17.3 Å². The minimum Gasteiger partial charge on any atom is -0.494 e. The summed E-state index contributed by atoms with van der Waals surface area (Å²) in [5.74, 6) is 1.28. The number of hydrogen-bond donors (Lipinski definition) is 2. The minimum absolute atomic E-state index is 0.183. The molecule has 2 rings (SSSR count). The number of amides is 2. The van der Waals surface area contributed by atoms with Crippen molar-refractivity contribution in [3.8, 4) is 17.2 Å². The van der Waals surface area contributed by atoms with Gasteiger partial charge in [-0.1, -0.05) is 12.1 Å². The highest BCUT2D eigenvalue weighted by molar-refractivity contribution is 5.96. The van der Waals surface area contributed by atoms with Crippen LogP contribution in [0.25, 0.3) is 0 Å². The quantitative estimate of drug-likeness (QED) is 0.623. The topological polar surface area (TPSA) is 85.9 Å². The molecule has 0 bridgehead atoms. The molecule has 0 aliphatic rings. The first kappa shape index (κ1) is 20.1. The molecular weight excluding hydrogens is 348 g/mol. The smallest absolute Gasteiger partial charge is 0.258 e. The van der Waals surface area contributed by atoms with Crippen LogP contribution in [-0.2, 0) is 4.79 Å². The number of carbonyl (C=O) groups excluding carboxylic acids is 2. The Morgan fingerprint density at radius 1 is 0.926 bits per heavy atom. The fraction of sp³-hybridized carbons (Fsp3) is 0.300. The second-order valence-electron chi connectivity index (χ2n) is 5.47. The maximum atomic E-state index is 11.9. The summed E-state index contributed by atoms with van der Waals surface area (Å²) in [6, 6.07) is 14.0. The molecule has 0 aromatic heterocycles. The zero-order chi connectivity index (χ0) is 19.5. The maximum absolute atomic E-state index is 11.9. The van der Waals surface area contributed by atoms with Gasteiger partial charge in [-0.2, -0.15) is 0 Å². The van der Waals surface area contributed by atoms with Gasteiger partial charge in [0.05, 0.1) is 18.7 Å². The fourth-order valence-electron chi connectivity index (χ4n) is 2.27. The first-order valence-corrected chi connectivity index (χ1v) is 8.70. The molecule has 0 spiro atoms. The molecule has 0 fully saturated rings. The first-order valence-electron chi connectivity index (χ1n) is 8.70. The molecule has 2 N–H and O–H groups in total. The van der Waals surface area contributed by atoms with Gasteiger partial charge < -0.3 is 24.8 Å². The molecule has 0 saturated heterocycles. The Bertz CT molecular complexity index is 746. The Balaban J connectivity index is 1.70. The molecule has 144 valence electrons. The predicted octanol–water partition coefficient (Wildman–Crippen LogP) is 2.02. The van der Waals surface area contributed by atoms with Crippen molar-refractivity contribution in [2.45, 2.75) is 6.92 Å². The molecule has 2 amide bonds. The van der Waals surface area contributed by atoms with Crippen LogP contribution in [0.3, 0.4) is 0 Å². The van der Waals surface area contributed by atoms with Crippen molar-refractivity contribution in [1.29, 1.82) is 0 Å². The maximum Gasteiger partial charge on any atom is 0.258 e. The Morgan fingerprint density at radius 2 is 1.59 bits per heavy atom. The minimum atomic E-state index is -0.294. The van der Waals surface area contributed by atoms with Crippen LogP contribution < -0.4 is 24.8 Å². The van der Waals surface area contributed by atoms with Crippen molar-refractivity contribution in [2.75, 3.05) is 33.4 Å². The Hall–Kier alpha value is -3.22. The van der Waals surface area contributed by atoms with Crippen molar-refractivity contribution in [2.24, 2.45) is 0 Å². The molecule has 2 aromatic carbocycles. The first-order chi connectivity index (χ1) is 13.1. The van der Waals surface area contributed by atoms with E-state index in [1.165, 1.54) is 7.05 Å². The predicted molar refractivity (Wildman–Crippen MR) is 101 cm³/mol. The number of benzene rings is 2. The van der Waals surface area contributed by atoms with Crippen LogP contribution in [0.2, 0.25) is 0 Å². The highest BCUT2D eigenvalue weighted by atomic mass is 16.5. The molecule has 7 nitrogen and oxygen atoms in total. The van der Waals surface area contributed by atoms with Gasteiger partial charge in [0.25, 0.3) is 11.8 Å². The number of para-hydroxylation sites is 1. The van der Waals surface area contributed by atoms with E-state index in [0.29, 0.717) is 36.8 Å². The van der Waals surface area contributed by atoms with Crippen molar-refractivity contribution in [3.63, 3.8) is 0 Å². The number of rotatable bonds is 10. The zero-order valence-electron chi connectivity index (χ0n) is 15.5. The van der Waals surface area contributed by atoms with E-state index in [9.17, 15) is 9.59 Å². The molecule has 7 heteroatoms. The van der Waals surface area contributed by atoms with Gasteiger partial charge in [-0.3, -0.25) is 9.59 Å². The molecule has 0 unspecified atom stereocenters. The molecule has 2 aromatic rings. The summed E-state index contributed by atoms with van der Waals surface area (Å²) < 4.78 is 16.4. The number of ether oxygens (including phenoxy) is 3. The van der Waals surface area contributed by atoms with Crippen molar-refractivity contribution < 1.29 is 23.8 Å². The van der Waals surface area contributed by atoms with E-state index in [2.05, 4.69) is 10.6 Å². The molecule has 27 heavy (non-hydrogen) atoms.